The molecule has 0 bridgehead atoms. The first-order chi connectivity index (χ1) is 8.88. The average Bonchev–Trinajstić information content (AvgIpc) is 2.62. The van der Waals surface area contributed by atoms with Crippen molar-refractivity contribution >= 4 is 12.3 Å². The van der Waals surface area contributed by atoms with Crippen LogP contribution >= 0.6 is 0 Å². The summed E-state index contributed by atoms with van der Waals surface area (Å²) in [7, 11) is 0. The van der Waals surface area contributed by atoms with Crippen LogP contribution < -0.4 is 0 Å². The number of carboxylic acid groups (broad SMARTS) is 1. The summed E-state index contributed by atoms with van der Waals surface area (Å²) in [4.78, 5) is 22.7. The van der Waals surface area contributed by atoms with E-state index in [2.05, 4.69) is 13.8 Å². The molecule has 0 heterocycles. The summed E-state index contributed by atoms with van der Waals surface area (Å²) in [5, 5.41) is 9.08. The lowest BCUT2D eigenvalue weighted by Crippen LogP contribution is -2.31. The van der Waals surface area contributed by atoms with E-state index >= 15 is 0 Å². The van der Waals surface area contributed by atoms with Gasteiger partial charge < -0.3 is 9.90 Å². The molecule has 0 saturated heterocycles. The Hall–Kier alpha value is -1.64. The van der Waals surface area contributed by atoms with Gasteiger partial charge in [0.05, 0.1) is 11.0 Å². The van der Waals surface area contributed by atoms with Crippen molar-refractivity contribution in [1.82, 2.24) is 0 Å². The van der Waals surface area contributed by atoms with E-state index in [4.69, 9.17) is 5.11 Å². The predicted molar refractivity (Wildman–Crippen MR) is 73.5 cm³/mol. The first-order valence-corrected chi connectivity index (χ1v) is 6.71. The Kier molecular flexibility index (Phi) is 3.48. The molecule has 3 heteroatoms. The number of benzene rings is 1. The van der Waals surface area contributed by atoms with Crippen LogP contribution in [0.4, 0.5) is 0 Å². The first kappa shape index (κ1) is 13.8. The molecule has 0 radical (unpaired) electrons. The third kappa shape index (κ3) is 2.29. The molecule has 102 valence electrons. The highest BCUT2D eigenvalue weighted by molar-refractivity contribution is 5.88. The summed E-state index contributed by atoms with van der Waals surface area (Å²) in [5.41, 5.74) is 1.72. The second-order valence-electron chi connectivity index (χ2n) is 6.11. The molecule has 19 heavy (non-hydrogen) atoms. The van der Waals surface area contributed by atoms with Crippen molar-refractivity contribution in [2.75, 3.05) is 0 Å². The van der Waals surface area contributed by atoms with Gasteiger partial charge in [-0.1, -0.05) is 19.9 Å². The number of carboxylic acids is 1. The van der Waals surface area contributed by atoms with Crippen LogP contribution in [0.25, 0.3) is 0 Å². The van der Waals surface area contributed by atoms with Crippen LogP contribution in [-0.4, -0.2) is 17.4 Å². The van der Waals surface area contributed by atoms with Crippen LogP contribution in [0.1, 0.15) is 48.7 Å². The molecule has 0 aliphatic heterocycles. The van der Waals surface area contributed by atoms with Gasteiger partial charge in [0.2, 0.25) is 0 Å². The van der Waals surface area contributed by atoms with E-state index in [0.717, 1.165) is 30.3 Å². The number of rotatable bonds is 4. The van der Waals surface area contributed by atoms with Crippen LogP contribution in [0.5, 0.6) is 0 Å². The number of fused-ring (bicyclic) bond motifs is 1. The maximum absolute atomic E-state index is 11.6. The van der Waals surface area contributed by atoms with Crippen molar-refractivity contribution in [1.29, 1.82) is 0 Å². The second kappa shape index (κ2) is 4.80. The van der Waals surface area contributed by atoms with Crippen LogP contribution in [0.2, 0.25) is 0 Å². The van der Waals surface area contributed by atoms with Gasteiger partial charge >= 0.3 is 5.97 Å². The largest absolute Gasteiger partial charge is 0.478 e. The van der Waals surface area contributed by atoms with Gasteiger partial charge in [0.25, 0.3) is 0 Å². The Morgan fingerprint density at radius 3 is 2.74 bits per heavy atom. The van der Waals surface area contributed by atoms with Gasteiger partial charge in [-0.05, 0) is 54.9 Å². The number of carbonyl (C=O) groups is 2. The normalized spacial score (nSPS) is 25.4. The molecule has 1 aromatic rings. The monoisotopic (exact) mass is 260 g/mol. The van der Waals surface area contributed by atoms with E-state index in [-0.39, 0.29) is 11.5 Å². The van der Waals surface area contributed by atoms with Gasteiger partial charge in [-0.15, -0.1) is 0 Å². The fourth-order valence-electron chi connectivity index (χ4n) is 3.14. The van der Waals surface area contributed by atoms with Crippen LogP contribution in [0.15, 0.2) is 18.2 Å². The Morgan fingerprint density at radius 1 is 1.53 bits per heavy atom. The number of aldehydes is 1. The number of hydrogen-bond donors (Lipinski definition) is 1. The summed E-state index contributed by atoms with van der Waals surface area (Å²) in [6.07, 6.45) is 2.84. The van der Waals surface area contributed by atoms with Gasteiger partial charge in [0, 0.05) is 0 Å². The molecule has 2 rings (SSSR count). The number of aromatic carboxylic acids is 1. The molecule has 1 aliphatic carbocycles. The van der Waals surface area contributed by atoms with E-state index in [0.29, 0.717) is 5.92 Å². The minimum Gasteiger partial charge on any atom is -0.478 e. The summed E-state index contributed by atoms with van der Waals surface area (Å²) in [5.74, 6) is -0.148. The Labute approximate surface area is 113 Å². The molecule has 1 aromatic carbocycles. The topological polar surface area (TPSA) is 54.4 Å². The summed E-state index contributed by atoms with van der Waals surface area (Å²) in [6, 6.07) is 5.16. The highest BCUT2D eigenvalue weighted by atomic mass is 16.4. The molecule has 1 N–H and O–H groups in total. The van der Waals surface area contributed by atoms with E-state index < -0.39 is 11.4 Å². The predicted octanol–water partition coefficient (Wildman–Crippen LogP) is 3.06. The van der Waals surface area contributed by atoms with Gasteiger partial charge in [-0.2, -0.15) is 0 Å². The smallest absolute Gasteiger partial charge is 0.335 e. The average molecular weight is 260 g/mol. The summed E-state index contributed by atoms with van der Waals surface area (Å²) >= 11 is 0. The van der Waals surface area contributed by atoms with Crippen LogP contribution in [-0.2, 0) is 16.6 Å². The van der Waals surface area contributed by atoms with Crippen LogP contribution in [0, 0.1) is 11.8 Å². The van der Waals surface area contributed by atoms with E-state index in [1.807, 2.05) is 13.0 Å². The van der Waals surface area contributed by atoms with Crippen molar-refractivity contribution in [2.45, 2.75) is 39.0 Å². The highest BCUT2D eigenvalue weighted by Crippen LogP contribution is 2.45. The fourth-order valence-corrected chi connectivity index (χ4v) is 3.14. The van der Waals surface area contributed by atoms with E-state index in [1.165, 1.54) is 0 Å². The number of hydrogen-bond acceptors (Lipinski definition) is 2. The molecule has 2 atom stereocenters. The quantitative estimate of drug-likeness (QED) is 0.846. The maximum atomic E-state index is 11.6. The highest BCUT2D eigenvalue weighted by Gasteiger charge is 2.43. The first-order valence-electron chi connectivity index (χ1n) is 6.71. The molecule has 0 saturated carbocycles. The molecular formula is C16H20O3. The van der Waals surface area contributed by atoms with Gasteiger partial charge in [-0.3, -0.25) is 0 Å². The standard InChI is InChI=1S/C16H20O3/c1-10(2)6-13-7-11-4-5-12(15(18)19)8-14(11)16(13,3)9-17/h4-5,8-10,13H,6-7H2,1-3H3,(H,18,19). The lowest BCUT2D eigenvalue weighted by Gasteiger charge is -2.28. The third-order valence-corrected chi connectivity index (χ3v) is 4.25. The lowest BCUT2D eigenvalue weighted by atomic mass is 9.74. The molecular weight excluding hydrogens is 240 g/mol. The SMILES string of the molecule is CC(C)CC1Cc2ccc(C(=O)O)cc2C1(C)C=O. The number of carbonyl (C=O) groups excluding carboxylic acids is 1. The minimum absolute atomic E-state index is 0.261. The second-order valence-corrected chi connectivity index (χ2v) is 6.11. The van der Waals surface area contributed by atoms with Crippen molar-refractivity contribution < 1.29 is 14.7 Å². The summed E-state index contributed by atoms with van der Waals surface area (Å²) in [6.45, 7) is 6.23. The van der Waals surface area contributed by atoms with Crippen molar-refractivity contribution in [3.8, 4) is 0 Å². The zero-order valence-corrected chi connectivity index (χ0v) is 11.6. The zero-order chi connectivity index (χ0) is 14.2. The maximum Gasteiger partial charge on any atom is 0.335 e. The Bertz CT molecular complexity index is 519. The van der Waals surface area contributed by atoms with E-state index in [9.17, 15) is 9.59 Å². The minimum atomic E-state index is -0.941. The van der Waals surface area contributed by atoms with Crippen molar-refractivity contribution in [2.24, 2.45) is 11.8 Å². The Morgan fingerprint density at radius 2 is 2.21 bits per heavy atom. The molecule has 2 unspecified atom stereocenters. The van der Waals surface area contributed by atoms with Crippen LogP contribution in [0.3, 0.4) is 0 Å². The molecule has 0 spiro atoms. The fraction of sp³-hybridized carbons (Fsp3) is 0.500. The van der Waals surface area contributed by atoms with Gasteiger partial charge in [0.15, 0.2) is 0 Å². The van der Waals surface area contributed by atoms with Crippen molar-refractivity contribution in [3.63, 3.8) is 0 Å². The Balaban J connectivity index is 2.46. The zero-order valence-electron chi connectivity index (χ0n) is 11.6. The molecule has 0 amide bonds. The van der Waals surface area contributed by atoms with E-state index in [1.54, 1.807) is 12.1 Å². The molecule has 3 nitrogen and oxygen atoms in total. The third-order valence-electron chi connectivity index (χ3n) is 4.25. The molecule has 1 aliphatic rings. The molecule has 0 aromatic heterocycles. The van der Waals surface area contributed by atoms with Gasteiger partial charge in [0.1, 0.15) is 6.29 Å². The molecule has 0 fully saturated rings. The van der Waals surface area contributed by atoms with Crippen molar-refractivity contribution in [3.05, 3.63) is 34.9 Å². The lowest BCUT2D eigenvalue weighted by molar-refractivity contribution is -0.113. The van der Waals surface area contributed by atoms with Gasteiger partial charge in [-0.25, -0.2) is 4.79 Å². The summed E-state index contributed by atoms with van der Waals surface area (Å²) < 4.78 is 0.